The molecule has 2 N–H and O–H groups in total. The van der Waals surface area contributed by atoms with E-state index in [0.29, 0.717) is 11.5 Å². The van der Waals surface area contributed by atoms with Crippen LogP contribution in [0.3, 0.4) is 0 Å². The first-order valence-corrected chi connectivity index (χ1v) is 16.7. The number of rotatable bonds is 6. The molecule has 0 radical (unpaired) electrons. The Labute approximate surface area is 278 Å². The third kappa shape index (κ3) is 8.47. The predicted molar refractivity (Wildman–Crippen MR) is 195 cm³/mol. The summed E-state index contributed by atoms with van der Waals surface area (Å²) in [5, 5.41) is 22.8. The first-order valence-electron chi connectivity index (χ1n) is 16.7. The number of aliphatic imine (C=N–C) groups is 2. The maximum absolute atomic E-state index is 11.4. The predicted octanol–water partition coefficient (Wildman–Crippen LogP) is 9.08. The van der Waals surface area contributed by atoms with Crippen molar-refractivity contribution >= 4 is 12.4 Å². The second kappa shape index (κ2) is 13.0. The average Bonchev–Trinajstić information content (AvgIpc) is 3.30. The molecule has 4 rings (SSSR count). The average molecular weight is 624 g/mol. The molecular weight excluding hydrogens is 566 g/mol. The fourth-order valence-corrected chi connectivity index (χ4v) is 5.98. The molecule has 5 heteroatoms. The first kappa shape index (κ1) is 35.4. The number of phenols is 2. The Kier molecular flexibility index (Phi) is 10.00. The molecule has 1 heterocycles. The highest BCUT2D eigenvalue weighted by molar-refractivity contribution is 5.86. The molecule has 0 bridgehead atoms. The smallest absolute Gasteiger partial charge is 0.128 e. The van der Waals surface area contributed by atoms with E-state index < -0.39 is 0 Å². The van der Waals surface area contributed by atoms with Crippen molar-refractivity contribution in [2.24, 2.45) is 9.98 Å². The van der Waals surface area contributed by atoms with Crippen LogP contribution >= 0.6 is 0 Å². The Morgan fingerprint density at radius 1 is 0.609 bits per heavy atom. The van der Waals surface area contributed by atoms with E-state index in [1.165, 1.54) is 16.7 Å². The van der Waals surface area contributed by atoms with Crippen LogP contribution in [-0.4, -0.2) is 52.7 Å². The van der Waals surface area contributed by atoms with Gasteiger partial charge in [-0.3, -0.25) is 14.9 Å². The zero-order chi connectivity index (χ0) is 34.2. The molecule has 1 saturated heterocycles. The molecule has 0 spiro atoms. The number of hydrogen-bond acceptors (Lipinski definition) is 5. The van der Waals surface area contributed by atoms with Gasteiger partial charge in [0.15, 0.2) is 0 Å². The quantitative estimate of drug-likeness (QED) is 0.269. The molecule has 3 aromatic rings. The Bertz CT molecular complexity index is 1480. The van der Waals surface area contributed by atoms with Crippen LogP contribution in [0.4, 0.5) is 0 Å². The summed E-state index contributed by atoms with van der Waals surface area (Å²) >= 11 is 0. The number of aromatic hydroxyl groups is 2. The fourth-order valence-electron chi connectivity index (χ4n) is 5.98. The highest BCUT2D eigenvalue weighted by atomic mass is 16.3. The number of benzene rings is 3. The summed E-state index contributed by atoms with van der Waals surface area (Å²) in [6.45, 7) is 28.3. The Hall–Kier alpha value is -3.44. The van der Waals surface area contributed by atoms with Crippen LogP contribution < -0.4 is 0 Å². The van der Waals surface area contributed by atoms with Crippen molar-refractivity contribution in [1.29, 1.82) is 0 Å². The van der Waals surface area contributed by atoms with E-state index in [1.54, 1.807) is 0 Å². The van der Waals surface area contributed by atoms with E-state index in [4.69, 9.17) is 9.98 Å². The van der Waals surface area contributed by atoms with Crippen molar-refractivity contribution in [3.63, 3.8) is 0 Å². The molecule has 1 aliphatic rings. The third-order valence-electron chi connectivity index (χ3n) is 9.02. The molecular formula is C41H57N3O2. The molecule has 0 aliphatic carbocycles. The Morgan fingerprint density at radius 3 is 1.35 bits per heavy atom. The summed E-state index contributed by atoms with van der Waals surface area (Å²) in [6.07, 6.45) is 3.71. The van der Waals surface area contributed by atoms with Gasteiger partial charge in [-0.2, -0.15) is 0 Å². The molecule has 0 amide bonds. The highest BCUT2D eigenvalue weighted by Gasteiger charge is 2.33. The lowest BCUT2D eigenvalue weighted by molar-refractivity contribution is 0.324. The highest BCUT2D eigenvalue weighted by Crippen LogP contribution is 2.39. The van der Waals surface area contributed by atoms with Gasteiger partial charge in [-0.15, -0.1) is 0 Å². The molecule has 46 heavy (non-hydrogen) atoms. The van der Waals surface area contributed by atoms with Crippen molar-refractivity contribution in [2.75, 3.05) is 13.1 Å². The molecule has 248 valence electrons. The summed E-state index contributed by atoms with van der Waals surface area (Å²) in [6, 6.07) is 18.7. The molecule has 0 unspecified atom stereocenters. The van der Waals surface area contributed by atoms with Gasteiger partial charge in [0.1, 0.15) is 11.5 Å². The van der Waals surface area contributed by atoms with Crippen molar-refractivity contribution in [3.05, 3.63) is 93.5 Å². The Balaban J connectivity index is 1.75. The van der Waals surface area contributed by atoms with Crippen LogP contribution in [0.15, 0.2) is 64.6 Å². The van der Waals surface area contributed by atoms with Crippen LogP contribution in [0.1, 0.15) is 122 Å². The van der Waals surface area contributed by atoms with Gasteiger partial charge in [0.05, 0.1) is 12.1 Å². The molecule has 2 atom stereocenters. The van der Waals surface area contributed by atoms with E-state index in [9.17, 15) is 10.2 Å². The summed E-state index contributed by atoms with van der Waals surface area (Å²) < 4.78 is 0. The molecule has 0 saturated carbocycles. The minimum atomic E-state index is -0.212. The number of hydrogen-bond donors (Lipinski definition) is 2. The number of phenolic OH excluding ortho intramolecular Hbond substituents is 2. The van der Waals surface area contributed by atoms with Gasteiger partial charge >= 0.3 is 0 Å². The second-order valence-electron chi connectivity index (χ2n) is 17.3. The maximum Gasteiger partial charge on any atom is 0.128 e. The first-order chi connectivity index (χ1) is 21.1. The van der Waals surface area contributed by atoms with Crippen molar-refractivity contribution < 1.29 is 10.2 Å². The van der Waals surface area contributed by atoms with Crippen LogP contribution in [-0.2, 0) is 28.2 Å². The number of likely N-dealkylation sites (tertiary alicyclic amines) is 1. The zero-order valence-corrected chi connectivity index (χ0v) is 30.4. The van der Waals surface area contributed by atoms with Gasteiger partial charge in [-0.1, -0.05) is 126 Å². The van der Waals surface area contributed by atoms with E-state index in [1.807, 2.05) is 18.5 Å². The van der Waals surface area contributed by atoms with Gasteiger partial charge in [-0.05, 0) is 50.5 Å². The summed E-state index contributed by atoms with van der Waals surface area (Å²) in [5.41, 5.74) is 6.38. The van der Waals surface area contributed by atoms with Gasteiger partial charge < -0.3 is 10.2 Å². The standard InChI is InChI=1S/C41H57N3O2/c1-38(2,3)30-18-28(36(45)32(20-30)40(7,8)9)22-42-34-25-44(24-27-16-14-13-15-17-27)26-35(34)43-23-29-19-31(39(4,5)6)21-33(37(29)46)41(10,11)12/h13-23,34-35,45-46H,24-26H2,1-12H3/t34-,35-/m0/s1. The molecule has 5 nitrogen and oxygen atoms in total. The van der Waals surface area contributed by atoms with Crippen LogP contribution in [0.5, 0.6) is 11.5 Å². The van der Waals surface area contributed by atoms with E-state index in [2.05, 4.69) is 137 Å². The Morgan fingerprint density at radius 2 is 1.00 bits per heavy atom. The van der Waals surface area contributed by atoms with E-state index >= 15 is 0 Å². The molecule has 1 fully saturated rings. The molecule has 0 aromatic heterocycles. The minimum Gasteiger partial charge on any atom is -0.507 e. The summed E-state index contributed by atoms with van der Waals surface area (Å²) in [7, 11) is 0. The van der Waals surface area contributed by atoms with Crippen LogP contribution in [0, 0.1) is 0 Å². The van der Waals surface area contributed by atoms with E-state index in [-0.39, 0.29) is 33.7 Å². The summed E-state index contributed by atoms with van der Waals surface area (Å²) in [4.78, 5) is 12.6. The maximum atomic E-state index is 11.4. The van der Waals surface area contributed by atoms with Gasteiger partial charge in [-0.25, -0.2) is 0 Å². The van der Waals surface area contributed by atoms with Crippen molar-refractivity contribution in [2.45, 2.75) is 123 Å². The largest absolute Gasteiger partial charge is 0.507 e. The lowest BCUT2D eigenvalue weighted by atomic mass is 9.79. The van der Waals surface area contributed by atoms with E-state index in [0.717, 1.165) is 41.9 Å². The monoisotopic (exact) mass is 623 g/mol. The van der Waals surface area contributed by atoms with Crippen molar-refractivity contribution in [3.8, 4) is 11.5 Å². The van der Waals surface area contributed by atoms with Gasteiger partial charge in [0.2, 0.25) is 0 Å². The van der Waals surface area contributed by atoms with Crippen molar-refractivity contribution in [1.82, 2.24) is 4.90 Å². The summed E-state index contributed by atoms with van der Waals surface area (Å²) in [5.74, 6) is 0.587. The number of nitrogens with zero attached hydrogens (tertiary/aromatic N) is 3. The fraction of sp³-hybridized carbons (Fsp3) is 0.512. The molecule has 3 aromatic carbocycles. The normalized spacial score (nSPS) is 18.7. The van der Waals surface area contributed by atoms with Crippen LogP contribution in [0.2, 0.25) is 0 Å². The second-order valence-corrected chi connectivity index (χ2v) is 17.3. The van der Waals surface area contributed by atoms with Gasteiger partial charge in [0, 0.05) is 54.3 Å². The van der Waals surface area contributed by atoms with Crippen LogP contribution in [0.25, 0.3) is 0 Å². The SMILES string of the molecule is CC(C)(C)c1cc(C=N[C@H]2CN(Cc3ccccc3)C[C@@H]2N=Cc2cc(C(C)(C)C)cc(C(C)(C)C)c2O)c(O)c(C(C)(C)C)c1. The van der Waals surface area contributed by atoms with Gasteiger partial charge in [0.25, 0.3) is 0 Å². The zero-order valence-electron chi connectivity index (χ0n) is 30.4. The third-order valence-corrected chi connectivity index (χ3v) is 9.02. The minimum absolute atomic E-state index is 0.0710. The lowest BCUT2D eigenvalue weighted by Crippen LogP contribution is -2.21. The topological polar surface area (TPSA) is 68.4 Å². The lowest BCUT2D eigenvalue weighted by Gasteiger charge is -2.27. The molecule has 1 aliphatic heterocycles.